The van der Waals surface area contributed by atoms with E-state index in [2.05, 4.69) is 34.7 Å². The van der Waals surface area contributed by atoms with Gasteiger partial charge in [0.2, 0.25) is 0 Å². The van der Waals surface area contributed by atoms with Crippen LogP contribution in [0.1, 0.15) is 114 Å². The first-order chi connectivity index (χ1) is 30.3. The molecular weight excluding hydrogens is 821 g/mol. The number of aliphatic hydroxyl groups is 3. The molecule has 0 saturated carbocycles. The summed E-state index contributed by atoms with van der Waals surface area (Å²) >= 11 is 0. The molecule has 1 amide bonds. The van der Waals surface area contributed by atoms with Crippen molar-refractivity contribution in [2.24, 2.45) is 41.4 Å². The topological polar surface area (TPSA) is 197 Å². The molecule has 15 heteroatoms. The first kappa shape index (κ1) is 49.2. The van der Waals surface area contributed by atoms with E-state index >= 15 is 0 Å². The molecule has 1 aromatic rings. The Morgan fingerprint density at radius 2 is 1.64 bits per heavy atom. The Labute approximate surface area is 378 Å². The van der Waals surface area contributed by atoms with Crippen LogP contribution in [0, 0.1) is 48.3 Å². The monoisotopic (exact) mass is 893 g/mol. The molecule has 1 aromatic carbocycles. The van der Waals surface area contributed by atoms with Crippen molar-refractivity contribution >= 4 is 17.7 Å². The second-order valence-corrected chi connectivity index (χ2v) is 19.3. The highest BCUT2D eigenvalue weighted by molar-refractivity contribution is 6.09. The Morgan fingerprint density at radius 3 is 2.23 bits per heavy atom. The maximum absolute atomic E-state index is 14.9. The molecule has 354 valence electrons. The SMILES string of the molecule is COc1c(C)c2c3c4c1[C@@H](O)C(=C1NC5(CCN(CC(C)C)CC5)N[C@H]14)NC(=O)/C(C)=C\C=C\[C@H](C)[C@H](OC)[C@@H](C)[C@@H](CO)[C@@H](C)[C@H](OC(C)=O)[C@H](C)[C@@H](CO)/C=C/O[C@@](C)(O2)C3=O. The summed E-state index contributed by atoms with van der Waals surface area (Å²) in [4.78, 5) is 44.2. The molecule has 0 aromatic heterocycles. The minimum Gasteiger partial charge on any atom is -0.496 e. The van der Waals surface area contributed by atoms with E-state index in [1.165, 1.54) is 27.2 Å². The molecule has 6 N–H and O–H groups in total. The number of benzene rings is 1. The van der Waals surface area contributed by atoms with Crippen LogP contribution in [0.4, 0.5) is 0 Å². The first-order valence-electron chi connectivity index (χ1n) is 22.9. The van der Waals surface area contributed by atoms with Gasteiger partial charge in [-0.2, -0.15) is 0 Å². The van der Waals surface area contributed by atoms with E-state index in [0.29, 0.717) is 39.6 Å². The van der Waals surface area contributed by atoms with Gasteiger partial charge >= 0.3 is 11.8 Å². The fraction of sp³-hybridized carbons (Fsp3) is 0.653. The van der Waals surface area contributed by atoms with E-state index < -0.39 is 59.2 Å². The number of methoxy groups -OCH3 is 2. The number of nitrogens with one attached hydrogen (secondary N) is 3. The van der Waals surface area contributed by atoms with Crippen LogP contribution in [0.15, 0.2) is 47.5 Å². The number of ether oxygens (including phenoxy) is 5. The standard InChI is InChI=1S/C49H72N4O11/c1-25(2)22-53-19-17-49(18-20-53)51-38-35-36-41(57)40(39(38)52-49)50-47(59)27(4)15-13-14-26(3)42(60-11)29(6)34(24-55)30(7)43(63-32(9)56)28(5)33(23-54)16-21-62-48(10)46(58)37(35)45(64-48)31(8)44(36)61-12/h13-16,21,25-26,28-30,33-34,38,41-43,51-52,54-55,57H,17-20,22-24H2,1-12H3,(H,50,59)/b14-13+,21-16+,27-15-/t26-,28+,29-,30+,33+,34+,38-,41+,42-,43+,48-/m0/s1. The first-order valence-corrected chi connectivity index (χ1v) is 22.9. The molecular formula is C49H72N4O11. The van der Waals surface area contributed by atoms with Crippen LogP contribution in [0.3, 0.4) is 0 Å². The van der Waals surface area contributed by atoms with Gasteiger partial charge in [0.25, 0.3) is 11.7 Å². The van der Waals surface area contributed by atoms with Crippen molar-refractivity contribution in [3.05, 3.63) is 69.8 Å². The number of Topliss-reactive ketones (excluding diaryl/α,β-unsaturated/α-hetero) is 1. The molecule has 11 atom stereocenters. The molecule has 2 fully saturated rings. The molecule has 4 aliphatic heterocycles. The number of rotatable bonds is 7. The van der Waals surface area contributed by atoms with Crippen LogP contribution < -0.4 is 25.4 Å². The molecule has 2 saturated heterocycles. The van der Waals surface area contributed by atoms with Gasteiger partial charge in [0.05, 0.1) is 48.1 Å². The highest BCUT2D eigenvalue weighted by Gasteiger charge is 2.56. The van der Waals surface area contributed by atoms with E-state index in [9.17, 15) is 29.7 Å². The van der Waals surface area contributed by atoms with Crippen molar-refractivity contribution in [3.8, 4) is 11.5 Å². The van der Waals surface area contributed by atoms with Gasteiger partial charge in [-0.1, -0.05) is 59.8 Å². The number of carbonyl (C=O) groups excluding carboxylic acids is 3. The molecule has 15 nitrogen and oxygen atoms in total. The average Bonchev–Trinajstić information content (AvgIpc) is 3.74. The van der Waals surface area contributed by atoms with Gasteiger partial charge in [-0.25, -0.2) is 0 Å². The minimum atomic E-state index is -1.86. The Hall–Kier alpha value is -4.25. The van der Waals surface area contributed by atoms with Crippen LogP contribution >= 0.6 is 0 Å². The molecule has 64 heavy (non-hydrogen) atoms. The second-order valence-electron chi connectivity index (χ2n) is 19.3. The third-order valence-electron chi connectivity index (χ3n) is 14.5. The van der Waals surface area contributed by atoms with Crippen molar-refractivity contribution in [2.45, 2.75) is 118 Å². The quantitative estimate of drug-likeness (QED) is 0.198. The highest BCUT2D eigenvalue weighted by atomic mass is 16.7. The van der Waals surface area contributed by atoms with Gasteiger partial charge in [-0.05, 0) is 62.0 Å². The lowest BCUT2D eigenvalue weighted by Gasteiger charge is -2.40. The number of likely N-dealkylation sites (tertiary alicyclic amines) is 1. The summed E-state index contributed by atoms with van der Waals surface area (Å²) in [5, 5.41) is 44.8. The van der Waals surface area contributed by atoms with Gasteiger partial charge in [0, 0.05) is 88.3 Å². The summed E-state index contributed by atoms with van der Waals surface area (Å²) in [6, 6.07) is -0.676. The predicted molar refractivity (Wildman–Crippen MR) is 241 cm³/mol. The van der Waals surface area contributed by atoms with Gasteiger partial charge in [-0.3, -0.25) is 19.7 Å². The van der Waals surface area contributed by atoms with Crippen molar-refractivity contribution in [1.29, 1.82) is 0 Å². The summed E-state index contributed by atoms with van der Waals surface area (Å²) in [6.07, 6.45) is 7.35. The largest absolute Gasteiger partial charge is 0.496 e. The van der Waals surface area contributed by atoms with E-state index in [1.807, 2.05) is 33.8 Å². The number of allylic oxidation sites excluding steroid dienone is 2. The average molecular weight is 893 g/mol. The normalized spacial score (nSPS) is 35.2. The van der Waals surface area contributed by atoms with Crippen LogP contribution in [-0.2, 0) is 23.8 Å². The number of piperidine rings is 1. The third-order valence-corrected chi connectivity index (χ3v) is 14.5. The van der Waals surface area contributed by atoms with Crippen LogP contribution in [0.2, 0.25) is 0 Å². The fourth-order valence-corrected chi connectivity index (χ4v) is 10.9. The molecule has 5 bridgehead atoms. The van der Waals surface area contributed by atoms with Gasteiger partial charge in [0.15, 0.2) is 0 Å². The van der Waals surface area contributed by atoms with Gasteiger partial charge < -0.3 is 54.5 Å². The molecule has 0 radical (unpaired) electrons. The molecule has 6 rings (SSSR count). The number of fused-ring (bicyclic) bond motifs is 3. The Kier molecular flexibility index (Phi) is 15.1. The smallest absolute Gasteiger partial charge is 0.312 e. The molecule has 0 unspecified atom stereocenters. The zero-order valence-electron chi connectivity index (χ0n) is 39.7. The van der Waals surface area contributed by atoms with Crippen LogP contribution in [0.25, 0.3) is 0 Å². The number of hydrogen-bond donors (Lipinski definition) is 6. The highest BCUT2D eigenvalue weighted by Crippen LogP contribution is 2.56. The number of aliphatic hydroxyl groups excluding tert-OH is 3. The zero-order valence-corrected chi connectivity index (χ0v) is 39.7. The van der Waals surface area contributed by atoms with Crippen molar-refractivity contribution < 1.29 is 53.4 Å². The number of hydrogen-bond acceptors (Lipinski definition) is 14. The Balaban J connectivity index is 1.50. The number of esters is 1. The molecule has 1 spiro atoms. The minimum absolute atomic E-state index is 0.170. The Bertz CT molecular complexity index is 2050. The second kappa shape index (κ2) is 19.7. The third kappa shape index (κ3) is 9.26. The lowest BCUT2D eigenvalue weighted by Crippen LogP contribution is -2.56. The van der Waals surface area contributed by atoms with E-state index in [-0.39, 0.29) is 60.0 Å². The van der Waals surface area contributed by atoms with Gasteiger partial charge in [-0.15, -0.1) is 0 Å². The number of ketones is 1. The number of amides is 1. The summed E-state index contributed by atoms with van der Waals surface area (Å²) in [5.74, 6) is -4.45. The van der Waals surface area contributed by atoms with E-state index in [4.69, 9.17) is 23.7 Å². The van der Waals surface area contributed by atoms with Crippen molar-refractivity contribution in [2.75, 3.05) is 47.1 Å². The van der Waals surface area contributed by atoms with Crippen molar-refractivity contribution in [1.82, 2.24) is 20.9 Å². The summed E-state index contributed by atoms with van der Waals surface area (Å²) in [6.45, 7) is 20.5. The zero-order chi connectivity index (χ0) is 47.0. The molecule has 4 heterocycles. The number of nitrogens with zero attached hydrogens (tertiary/aromatic N) is 1. The lowest BCUT2D eigenvalue weighted by molar-refractivity contribution is -0.157. The maximum atomic E-state index is 14.9. The summed E-state index contributed by atoms with van der Waals surface area (Å²) in [7, 11) is 3.11. The van der Waals surface area contributed by atoms with Gasteiger partial charge in [0.1, 0.15) is 23.7 Å². The molecule has 5 aliphatic rings. The Morgan fingerprint density at radius 1 is 0.969 bits per heavy atom. The molecule has 1 aliphatic carbocycles. The lowest BCUT2D eigenvalue weighted by atomic mass is 9.72. The summed E-state index contributed by atoms with van der Waals surface area (Å²) < 4.78 is 30.8. The van der Waals surface area contributed by atoms with Crippen molar-refractivity contribution in [3.63, 3.8) is 0 Å². The maximum Gasteiger partial charge on any atom is 0.312 e. The number of carbonyl (C=O) groups is 3. The van der Waals surface area contributed by atoms with E-state index in [0.717, 1.165) is 32.5 Å². The fourth-order valence-electron chi connectivity index (χ4n) is 10.9. The van der Waals surface area contributed by atoms with Crippen LogP contribution in [0.5, 0.6) is 11.5 Å². The van der Waals surface area contributed by atoms with E-state index in [1.54, 1.807) is 39.2 Å². The van der Waals surface area contributed by atoms with Crippen LogP contribution in [-0.4, -0.2) is 109 Å². The predicted octanol–water partition coefficient (Wildman–Crippen LogP) is 5.11. The summed E-state index contributed by atoms with van der Waals surface area (Å²) in [5.41, 5.74) is 2.11.